The highest BCUT2D eigenvalue weighted by atomic mass is 16.5. The van der Waals surface area contributed by atoms with Gasteiger partial charge in [0.15, 0.2) is 0 Å². The predicted octanol–water partition coefficient (Wildman–Crippen LogP) is 2.69. The Bertz CT molecular complexity index is 644. The average Bonchev–Trinajstić information content (AvgIpc) is 3.22. The molecule has 28 heavy (non-hydrogen) atoms. The number of rotatable bonds is 8. The Morgan fingerprint density at radius 3 is 2.61 bits per heavy atom. The van der Waals surface area contributed by atoms with Crippen LogP contribution < -0.4 is 14.8 Å². The first kappa shape index (κ1) is 20.9. The SMILES string of the molecule is CNCCC1CCN(CC(=O)N2CCCC2c2cc(OC)ccc2OC)CC1. The minimum absolute atomic E-state index is 0.0747. The number of carbonyl (C=O) groups excluding carboxylic acids is 1. The first-order valence-corrected chi connectivity index (χ1v) is 10.5. The van der Waals surface area contributed by atoms with E-state index in [1.165, 1.54) is 19.3 Å². The zero-order valence-electron chi connectivity index (χ0n) is 17.6. The molecule has 2 aliphatic rings. The van der Waals surface area contributed by atoms with E-state index in [9.17, 15) is 4.79 Å². The summed E-state index contributed by atoms with van der Waals surface area (Å²) in [6, 6.07) is 5.93. The summed E-state index contributed by atoms with van der Waals surface area (Å²) in [4.78, 5) is 17.5. The lowest BCUT2D eigenvalue weighted by molar-refractivity contribution is -0.133. The van der Waals surface area contributed by atoms with Crippen LogP contribution in [0.5, 0.6) is 11.5 Å². The molecule has 0 saturated carbocycles. The molecule has 2 saturated heterocycles. The van der Waals surface area contributed by atoms with Crippen LogP contribution in [0.2, 0.25) is 0 Å². The molecule has 2 heterocycles. The molecule has 6 heteroatoms. The minimum atomic E-state index is 0.0747. The normalized spacial score (nSPS) is 21.1. The highest BCUT2D eigenvalue weighted by Crippen LogP contribution is 2.39. The fourth-order valence-electron chi connectivity index (χ4n) is 4.55. The van der Waals surface area contributed by atoms with Gasteiger partial charge in [0.2, 0.25) is 5.91 Å². The van der Waals surface area contributed by atoms with Gasteiger partial charge in [-0.25, -0.2) is 0 Å². The van der Waals surface area contributed by atoms with Crippen LogP contribution in [0.3, 0.4) is 0 Å². The summed E-state index contributed by atoms with van der Waals surface area (Å²) in [5, 5.41) is 3.24. The molecule has 1 aromatic rings. The number of nitrogens with one attached hydrogen (secondary N) is 1. The number of piperidine rings is 1. The number of ether oxygens (including phenoxy) is 2. The van der Waals surface area contributed by atoms with Gasteiger partial charge in [0.1, 0.15) is 11.5 Å². The second-order valence-corrected chi connectivity index (χ2v) is 7.96. The summed E-state index contributed by atoms with van der Waals surface area (Å²) in [6.45, 7) is 4.49. The van der Waals surface area contributed by atoms with Gasteiger partial charge in [0.05, 0.1) is 26.8 Å². The van der Waals surface area contributed by atoms with Gasteiger partial charge in [0.25, 0.3) is 0 Å². The number of hydrogen-bond acceptors (Lipinski definition) is 5. The van der Waals surface area contributed by atoms with E-state index < -0.39 is 0 Å². The first-order chi connectivity index (χ1) is 13.7. The zero-order chi connectivity index (χ0) is 19.9. The van der Waals surface area contributed by atoms with Crippen LogP contribution in [0, 0.1) is 5.92 Å². The number of benzene rings is 1. The fraction of sp³-hybridized carbons (Fsp3) is 0.682. The van der Waals surface area contributed by atoms with Crippen molar-refractivity contribution in [2.75, 3.05) is 54.0 Å². The van der Waals surface area contributed by atoms with Crippen LogP contribution in [-0.2, 0) is 4.79 Å². The van der Waals surface area contributed by atoms with Crippen molar-refractivity contribution in [2.24, 2.45) is 5.92 Å². The molecule has 6 nitrogen and oxygen atoms in total. The summed E-state index contributed by atoms with van der Waals surface area (Å²) in [7, 11) is 5.37. The van der Waals surface area contributed by atoms with Crippen molar-refractivity contribution in [2.45, 2.75) is 38.1 Å². The van der Waals surface area contributed by atoms with Gasteiger partial charge in [-0.15, -0.1) is 0 Å². The molecule has 1 unspecified atom stereocenters. The highest BCUT2D eigenvalue weighted by molar-refractivity contribution is 5.79. The van der Waals surface area contributed by atoms with Crippen molar-refractivity contribution < 1.29 is 14.3 Å². The molecule has 1 N–H and O–H groups in total. The van der Waals surface area contributed by atoms with Gasteiger partial charge >= 0.3 is 0 Å². The molecule has 3 rings (SSSR count). The van der Waals surface area contributed by atoms with Crippen molar-refractivity contribution in [3.05, 3.63) is 23.8 Å². The molecule has 1 amide bonds. The van der Waals surface area contributed by atoms with E-state index in [0.29, 0.717) is 6.54 Å². The van der Waals surface area contributed by atoms with E-state index in [1.807, 2.05) is 30.1 Å². The lowest BCUT2D eigenvalue weighted by Gasteiger charge is -2.34. The lowest BCUT2D eigenvalue weighted by atomic mass is 9.93. The lowest BCUT2D eigenvalue weighted by Crippen LogP contribution is -2.43. The monoisotopic (exact) mass is 389 g/mol. The van der Waals surface area contributed by atoms with Crippen molar-refractivity contribution in [1.29, 1.82) is 0 Å². The smallest absolute Gasteiger partial charge is 0.237 e. The largest absolute Gasteiger partial charge is 0.497 e. The standard InChI is InChI=1S/C22H35N3O3/c1-23-11-8-17-9-13-24(14-10-17)16-22(26)25-12-4-5-20(25)19-15-18(27-2)6-7-21(19)28-3/h6-7,15,17,20,23H,4-5,8-14,16H2,1-3H3. The molecule has 2 fully saturated rings. The Hall–Kier alpha value is -1.79. The Balaban J connectivity index is 1.61. The molecule has 2 aliphatic heterocycles. The first-order valence-electron chi connectivity index (χ1n) is 10.5. The highest BCUT2D eigenvalue weighted by Gasteiger charge is 2.33. The Kier molecular flexibility index (Phi) is 7.57. The molecule has 1 aromatic carbocycles. The van der Waals surface area contributed by atoms with Gasteiger partial charge in [-0.3, -0.25) is 9.69 Å². The third kappa shape index (κ3) is 4.97. The van der Waals surface area contributed by atoms with Gasteiger partial charge in [-0.1, -0.05) is 0 Å². The van der Waals surface area contributed by atoms with Crippen LogP contribution in [0.25, 0.3) is 0 Å². The van der Waals surface area contributed by atoms with Crippen molar-refractivity contribution in [1.82, 2.24) is 15.1 Å². The predicted molar refractivity (Wildman–Crippen MR) is 111 cm³/mol. The Morgan fingerprint density at radius 1 is 1.14 bits per heavy atom. The molecular formula is C22H35N3O3. The second-order valence-electron chi connectivity index (χ2n) is 7.96. The quantitative estimate of drug-likeness (QED) is 0.741. The van der Waals surface area contributed by atoms with E-state index in [4.69, 9.17) is 9.47 Å². The summed E-state index contributed by atoms with van der Waals surface area (Å²) in [5.74, 6) is 2.66. The summed E-state index contributed by atoms with van der Waals surface area (Å²) >= 11 is 0. The van der Waals surface area contributed by atoms with Crippen LogP contribution in [-0.4, -0.2) is 69.7 Å². The third-order valence-corrected chi connectivity index (χ3v) is 6.24. The van der Waals surface area contributed by atoms with Gasteiger partial charge in [-0.05, 0) is 82.9 Å². The number of hydrogen-bond donors (Lipinski definition) is 1. The van der Waals surface area contributed by atoms with Gasteiger partial charge < -0.3 is 19.7 Å². The molecule has 0 bridgehead atoms. The molecule has 0 aromatic heterocycles. The number of likely N-dealkylation sites (tertiary alicyclic amines) is 2. The van der Waals surface area contributed by atoms with E-state index in [-0.39, 0.29) is 11.9 Å². The van der Waals surface area contributed by atoms with Crippen LogP contribution in [0.1, 0.15) is 43.7 Å². The summed E-state index contributed by atoms with van der Waals surface area (Å²) < 4.78 is 11.0. The van der Waals surface area contributed by atoms with E-state index >= 15 is 0 Å². The topological polar surface area (TPSA) is 54.0 Å². The molecule has 0 spiro atoms. The second kappa shape index (κ2) is 10.1. The maximum absolute atomic E-state index is 13.1. The molecule has 0 radical (unpaired) electrons. The minimum Gasteiger partial charge on any atom is -0.497 e. The summed E-state index contributed by atoms with van der Waals surface area (Å²) in [6.07, 6.45) is 5.64. The number of methoxy groups -OCH3 is 2. The van der Waals surface area contributed by atoms with E-state index in [1.54, 1.807) is 14.2 Å². The van der Waals surface area contributed by atoms with E-state index in [0.717, 1.165) is 62.0 Å². The van der Waals surface area contributed by atoms with Crippen LogP contribution >= 0.6 is 0 Å². The average molecular weight is 390 g/mol. The van der Waals surface area contributed by atoms with E-state index in [2.05, 4.69) is 10.2 Å². The molecule has 156 valence electrons. The Labute approximate surface area is 169 Å². The maximum Gasteiger partial charge on any atom is 0.237 e. The number of nitrogens with zero attached hydrogens (tertiary/aromatic N) is 2. The number of carbonyl (C=O) groups is 1. The fourth-order valence-corrected chi connectivity index (χ4v) is 4.55. The van der Waals surface area contributed by atoms with Gasteiger partial charge in [-0.2, -0.15) is 0 Å². The molecular weight excluding hydrogens is 354 g/mol. The van der Waals surface area contributed by atoms with Crippen LogP contribution in [0.15, 0.2) is 18.2 Å². The Morgan fingerprint density at radius 2 is 1.93 bits per heavy atom. The molecule has 1 atom stereocenters. The maximum atomic E-state index is 13.1. The van der Waals surface area contributed by atoms with Crippen molar-refractivity contribution in [3.8, 4) is 11.5 Å². The third-order valence-electron chi connectivity index (χ3n) is 6.24. The summed E-state index contributed by atoms with van der Waals surface area (Å²) in [5.41, 5.74) is 1.05. The van der Waals surface area contributed by atoms with Gasteiger partial charge in [0, 0.05) is 12.1 Å². The molecule has 0 aliphatic carbocycles. The number of amides is 1. The van der Waals surface area contributed by atoms with Crippen molar-refractivity contribution >= 4 is 5.91 Å². The van der Waals surface area contributed by atoms with Crippen LogP contribution in [0.4, 0.5) is 0 Å². The van der Waals surface area contributed by atoms with Crippen molar-refractivity contribution in [3.63, 3.8) is 0 Å². The zero-order valence-corrected chi connectivity index (χ0v) is 17.6.